The van der Waals surface area contributed by atoms with E-state index in [-0.39, 0.29) is 0 Å². The van der Waals surface area contributed by atoms with Gasteiger partial charge >= 0.3 is 0 Å². The number of pyridine rings is 1. The van der Waals surface area contributed by atoms with Gasteiger partial charge in [0, 0.05) is 39.6 Å². The first-order valence-electron chi connectivity index (χ1n) is 20.9. The summed E-state index contributed by atoms with van der Waals surface area (Å²) in [5.41, 5.74) is 16.0. The van der Waals surface area contributed by atoms with Gasteiger partial charge in [0.1, 0.15) is 11.5 Å². The summed E-state index contributed by atoms with van der Waals surface area (Å²) < 4.78 is 6.69. The Kier molecular flexibility index (Phi) is 8.32. The summed E-state index contributed by atoms with van der Waals surface area (Å²) in [4.78, 5) is 19.4. The zero-order chi connectivity index (χ0) is 41.0. The van der Waals surface area contributed by atoms with Crippen molar-refractivity contribution in [3.05, 3.63) is 241 Å². The summed E-state index contributed by atoms with van der Waals surface area (Å²) in [5, 5.41) is 0. The van der Waals surface area contributed by atoms with Crippen molar-refractivity contribution in [1.29, 1.82) is 0 Å². The second-order valence-electron chi connectivity index (χ2n) is 15.8. The Morgan fingerprint density at radius 2 is 0.710 bits per heavy atom. The van der Waals surface area contributed by atoms with Crippen molar-refractivity contribution in [2.24, 2.45) is 0 Å². The van der Waals surface area contributed by atoms with E-state index in [0.717, 1.165) is 72.8 Å². The second kappa shape index (κ2) is 14.5. The van der Waals surface area contributed by atoms with Crippen LogP contribution in [0.15, 0.2) is 219 Å². The first kappa shape index (κ1) is 35.6. The quantitative estimate of drug-likeness (QED) is 0.168. The van der Waals surface area contributed by atoms with Crippen LogP contribution in [-0.2, 0) is 5.41 Å². The van der Waals surface area contributed by atoms with E-state index in [2.05, 4.69) is 138 Å². The van der Waals surface area contributed by atoms with Crippen LogP contribution in [0.1, 0.15) is 22.3 Å². The Hall–Kier alpha value is -8.28. The second-order valence-corrected chi connectivity index (χ2v) is 15.8. The number of nitrogens with zero attached hydrogens (tertiary/aromatic N) is 4. The molecule has 12 rings (SSSR count). The summed E-state index contributed by atoms with van der Waals surface area (Å²) in [5.74, 6) is 3.65. The third-order valence-corrected chi connectivity index (χ3v) is 12.3. The molecule has 0 bridgehead atoms. The zero-order valence-corrected chi connectivity index (χ0v) is 33.5. The van der Waals surface area contributed by atoms with Crippen LogP contribution >= 0.6 is 0 Å². The van der Waals surface area contributed by atoms with Crippen LogP contribution in [-0.4, -0.2) is 19.9 Å². The number of ether oxygens (including phenoxy) is 1. The molecular formula is C57H36N4O. The molecular weight excluding hydrogens is 757 g/mol. The van der Waals surface area contributed by atoms with Crippen molar-refractivity contribution in [3.63, 3.8) is 0 Å². The maximum atomic E-state index is 6.69. The molecule has 8 aromatic carbocycles. The molecule has 0 saturated heterocycles. The van der Waals surface area contributed by atoms with Gasteiger partial charge in [0.05, 0.1) is 11.1 Å². The zero-order valence-electron chi connectivity index (χ0n) is 33.5. The normalized spacial score (nSPS) is 12.8. The Labute approximate surface area is 359 Å². The molecule has 1 aliphatic carbocycles. The van der Waals surface area contributed by atoms with Gasteiger partial charge in [0.2, 0.25) is 0 Å². The van der Waals surface area contributed by atoms with Gasteiger partial charge in [-0.3, -0.25) is 4.98 Å². The molecule has 1 aliphatic heterocycles. The largest absolute Gasteiger partial charge is 0.457 e. The number of para-hydroxylation sites is 2. The van der Waals surface area contributed by atoms with Crippen LogP contribution < -0.4 is 4.74 Å². The predicted octanol–water partition coefficient (Wildman–Crippen LogP) is 13.7. The Balaban J connectivity index is 0.989. The average molecular weight is 793 g/mol. The van der Waals surface area contributed by atoms with Gasteiger partial charge < -0.3 is 4.74 Å². The van der Waals surface area contributed by atoms with E-state index in [1.807, 2.05) is 85.1 Å². The fourth-order valence-corrected chi connectivity index (χ4v) is 9.37. The van der Waals surface area contributed by atoms with Gasteiger partial charge in [0.25, 0.3) is 0 Å². The molecule has 2 aromatic heterocycles. The van der Waals surface area contributed by atoms with Crippen LogP contribution in [0.2, 0.25) is 0 Å². The standard InChI is InChI=1S/C57H36N4O/c1-3-13-40(14-4-1)54-59-55(41-15-5-2-6-16-41)61-56(60-54)42-28-24-38(25-29-42)44-31-33-46-45-32-30-43(37-22-26-39(27-23-37)51-19-11-12-34-58-51)35-49(45)57(50(46)36-44)47-17-7-9-20-52(47)62-53-21-10-8-18-48(53)57/h1-36H. The van der Waals surface area contributed by atoms with Crippen molar-refractivity contribution in [2.45, 2.75) is 5.41 Å². The smallest absolute Gasteiger partial charge is 0.164 e. The van der Waals surface area contributed by atoms with Gasteiger partial charge in [-0.05, 0) is 80.9 Å². The molecule has 0 saturated carbocycles. The van der Waals surface area contributed by atoms with Crippen LogP contribution in [0, 0.1) is 0 Å². The molecule has 290 valence electrons. The number of fused-ring (bicyclic) bond motifs is 9. The number of benzene rings is 8. The van der Waals surface area contributed by atoms with Gasteiger partial charge in [-0.15, -0.1) is 0 Å². The molecule has 1 spiro atoms. The molecule has 0 atom stereocenters. The maximum absolute atomic E-state index is 6.69. The summed E-state index contributed by atoms with van der Waals surface area (Å²) in [7, 11) is 0. The van der Waals surface area contributed by atoms with E-state index >= 15 is 0 Å². The van der Waals surface area contributed by atoms with Crippen molar-refractivity contribution in [3.8, 4) is 90.3 Å². The monoisotopic (exact) mass is 792 g/mol. The fraction of sp³-hybridized carbons (Fsp3) is 0.0175. The topological polar surface area (TPSA) is 60.8 Å². The van der Waals surface area contributed by atoms with E-state index in [1.165, 1.54) is 22.3 Å². The minimum absolute atomic E-state index is 0.622. The minimum atomic E-state index is -0.622. The highest BCUT2D eigenvalue weighted by molar-refractivity contribution is 5.92. The lowest BCUT2D eigenvalue weighted by Crippen LogP contribution is -2.32. The molecule has 10 aromatic rings. The number of hydrogen-bond donors (Lipinski definition) is 0. The Morgan fingerprint density at radius 3 is 1.19 bits per heavy atom. The number of hydrogen-bond acceptors (Lipinski definition) is 5. The van der Waals surface area contributed by atoms with Crippen molar-refractivity contribution in [1.82, 2.24) is 19.9 Å². The van der Waals surface area contributed by atoms with Crippen molar-refractivity contribution < 1.29 is 4.74 Å². The summed E-state index contributed by atoms with van der Waals surface area (Å²) in [6, 6.07) is 74.5. The molecule has 0 radical (unpaired) electrons. The van der Waals surface area contributed by atoms with E-state index in [0.29, 0.717) is 17.5 Å². The lowest BCUT2D eigenvalue weighted by Gasteiger charge is -2.39. The van der Waals surface area contributed by atoms with Crippen LogP contribution in [0.3, 0.4) is 0 Å². The third-order valence-electron chi connectivity index (χ3n) is 12.3. The van der Waals surface area contributed by atoms with E-state index in [1.54, 1.807) is 0 Å². The Morgan fingerprint density at radius 1 is 0.306 bits per heavy atom. The van der Waals surface area contributed by atoms with Gasteiger partial charge in [-0.2, -0.15) is 0 Å². The van der Waals surface area contributed by atoms with E-state index in [9.17, 15) is 0 Å². The highest BCUT2D eigenvalue weighted by Crippen LogP contribution is 2.62. The van der Waals surface area contributed by atoms with Crippen LogP contribution in [0.5, 0.6) is 11.5 Å². The molecule has 62 heavy (non-hydrogen) atoms. The molecule has 2 aliphatic rings. The summed E-state index contributed by atoms with van der Waals surface area (Å²) >= 11 is 0. The minimum Gasteiger partial charge on any atom is -0.457 e. The lowest BCUT2D eigenvalue weighted by molar-refractivity contribution is 0.436. The van der Waals surface area contributed by atoms with Crippen LogP contribution in [0.4, 0.5) is 0 Å². The SMILES string of the molecule is c1ccc(-c2nc(-c3ccccc3)nc(-c3ccc(-c4ccc5c(c4)C4(c6ccccc6Oc6ccccc64)c4cc(-c6ccc(-c7ccccn7)cc6)ccc4-5)cc3)n2)cc1. The third kappa shape index (κ3) is 5.78. The van der Waals surface area contributed by atoms with Gasteiger partial charge in [-0.1, -0.05) is 176 Å². The number of rotatable bonds is 6. The highest BCUT2D eigenvalue weighted by atomic mass is 16.5. The van der Waals surface area contributed by atoms with Crippen molar-refractivity contribution in [2.75, 3.05) is 0 Å². The van der Waals surface area contributed by atoms with Gasteiger partial charge in [-0.25, -0.2) is 15.0 Å². The molecule has 5 nitrogen and oxygen atoms in total. The van der Waals surface area contributed by atoms with Gasteiger partial charge in [0.15, 0.2) is 17.5 Å². The molecule has 0 fully saturated rings. The van der Waals surface area contributed by atoms with Crippen molar-refractivity contribution >= 4 is 0 Å². The average Bonchev–Trinajstić information content (AvgIpc) is 3.64. The summed E-state index contributed by atoms with van der Waals surface area (Å²) in [6.07, 6.45) is 1.84. The highest BCUT2D eigenvalue weighted by Gasteiger charge is 2.51. The van der Waals surface area contributed by atoms with E-state index in [4.69, 9.17) is 19.7 Å². The molecule has 0 unspecified atom stereocenters. The lowest BCUT2D eigenvalue weighted by atomic mass is 9.65. The van der Waals surface area contributed by atoms with Crippen LogP contribution in [0.25, 0.3) is 78.8 Å². The fourth-order valence-electron chi connectivity index (χ4n) is 9.37. The molecule has 3 heterocycles. The molecule has 0 N–H and O–H groups in total. The summed E-state index contributed by atoms with van der Waals surface area (Å²) in [6.45, 7) is 0. The first-order valence-corrected chi connectivity index (χ1v) is 20.9. The molecule has 0 amide bonds. The maximum Gasteiger partial charge on any atom is 0.164 e. The predicted molar refractivity (Wildman–Crippen MR) is 248 cm³/mol. The number of aromatic nitrogens is 4. The Bertz CT molecular complexity index is 3190. The van der Waals surface area contributed by atoms with E-state index < -0.39 is 5.41 Å². The molecule has 5 heteroatoms. The first-order chi connectivity index (χ1) is 30.7.